The number of hydrogen-bond donors (Lipinski definition) is 2. The Labute approximate surface area is 169 Å². The molecule has 1 aromatic rings. The van der Waals surface area contributed by atoms with E-state index in [4.69, 9.17) is 0 Å². The predicted molar refractivity (Wildman–Crippen MR) is 112 cm³/mol. The minimum atomic E-state index is -3.22. The van der Waals surface area contributed by atoms with Crippen molar-refractivity contribution in [3.63, 3.8) is 0 Å². The quantitative estimate of drug-likeness (QED) is 0.677. The molecule has 2 rings (SSSR count). The van der Waals surface area contributed by atoms with Gasteiger partial charge in [0.2, 0.25) is 15.9 Å². The molecule has 1 aliphatic heterocycles. The molecule has 1 atom stereocenters. The summed E-state index contributed by atoms with van der Waals surface area (Å²) in [6.45, 7) is 7.89. The Bertz CT molecular complexity index is 689. The first-order chi connectivity index (χ1) is 12.4. The van der Waals surface area contributed by atoms with Gasteiger partial charge in [-0.15, -0.1) is 12.4 Å². The summed E-state index contributed by atoms with van der Waals surface area (Å²) in [6.07, 6.45) is 0.995. The number of halogens is 1. The highest BCUT2D eigenvalue weighted by molar-refractivity contribution is 7.89. The van der Waals surface area contributed by atoms with Gasteiger partial charge in [0.15, 0.2) is 0 Å². The van der Waals surface area contributed by atoms with Crippen molar-refractivity contribution in [2.75, 3.05) is 31.9 Å². The Balaban J connectivity index is 0.00000364. The summed E-state index contributed by atoms with van der Waals surface area (Å²) < 4.78 is 25.9. The van der Waals surface area contributed by atoms with Gasteiger partial charge in [0.05, 0.1) is 11.2 Å². The number of nitrogens with one attached hydrogen (secondary N) is 2. The zero-order valence-corrected chi connectivity index (χ0v) is 18.0. The molecule has 0 spiro atoms. The molecule has 0 saturated carbocycles. The summed E-state index contributed by atoms with van der Waals surface area (Å²) in [6, 6.07) is 9.92. The molecule has 154 valence electrons. The van der Waals surface area contributed by atoms with Gasteiger partial charge in [0.25, 0.3) is 0 Å². The fourth-order valence-corrected chi connectivity index (χ4v) is 4.67. The van der Waals surface area contributed by atoms with Gasteiger partial charge in [-0.25, -0.2) is 12.7 Å². The van der Waals surface area contributed by atoms with Crippen molar-refractivity contribution < 1.29 is 13.2 Å². The van der Waals surface area contributed by atoms with Gasteiger partial charge in [-0.3, -0.25) is 4.79 Å². The maximum atomic E-state index is 13.1. The molecule has 0 aliphatic carbocycles. The lowest BCUT2D eigenvalue weighted by Gasteiger charge is -2.40. The first-order valence-electron chi connectivity index (χ1n) is 9.40. The third-order valence-electron chi connectivity index (χ3n) is 5.22. The van der Waals surface area contributed by atoms with Crippen LogP contribution in [-0.4, -0.2) is 56.6 Å². The molecule has 1 heterocycles. The first kappa shape index (κ1) is 23.9. The Morgan fingerprint density at radius 1 is 1.19 bits per heavy atom. The van der Waals surface area contributed by atoms with Crippen LogP contribution >= 0.6 is 12.4 Å². The fraction of sp³-hybridized carbons (Fsp3) is 0.632. The van der Waals surface area contributed by atoms with E-state index in [2.05, 4.69) is 10.6 Å². The summed E-state index contributed by atoms with van der Waals surface area (Å²) in [5.74, 6) is 0.0829. The Hall–Kier alpha value is -1.15. The van der Waals surface area contributed by atoms with Crippen molar-refractivity contribution >= 4 is 28.3 Å². The number of nitrogens with zero attached hydrogens (tertiary/aromatic N) is 1. The predicted octanol–water partition coefficient (Wildman–Crippen LogP) is 1.91. The SMILES string of the molecule is CCN[C@H](C)CNC(=O)C1(c2ccccc2)CCN(S(=O)(=O)CC)CC1.Cl. The number of carbonyl (C=O) groups excluding carboxylic acids is 1. The van der Waals surface area contributed by atoms with Crippen molar-refractivity contribution in [1.82, 2.24) is 14.9 Å². The second-order valence-corrected chi connectivity index (χ2v) is 9.17. The van der Waals surface area contributed by atoms with Crippen LogP contribution in [0.5, 0.6) is 0 Å². The van der Waals surface area contributed by atoms with E-state index in [1.807, 2.05) is 44.2 Å². The molecule has 1 saturated heterocycles. The minimum Gasteiger partial charge on any atom is -0.354 e. The van der Waals surface area contributed by atoms with Crippen molar-refractivity contribution in [2.45, 2.75) is 45.1 Å². The molecule has 0 aromatic heterocycles. The maximum Gasteiger partial charge on any atom is 0.230 e. The molecule has 8 heteroatoms. The van der Waals surface area contributed by atoms with E-state index in [9.17, 15) is 13.2 Å². The van der Waals surface area contributed by atoms with Crippen molar-refractivity contribution in [1.29, 1.82) is 0 Å². The molecular formula is C19H32ClN3O3S. The van der Waals surface area contributed by atoms with Crippen molar-refractivity contribution in [2.24, 2.45) is 0 Å². The smallest absolute Gasteiger partial charge is 0.230 e. The van der Waals surface area contributed by atoms with Gasteiger partial charge in [-0.2, -0.15) is 0 Å². The van der Waals surface area contributed by atoms with Gasteiger partial charge in [0, 0.05) is 25.7 Å². The number of carbonyl (C=O) groups is 1. The monoisotopic (exact) mass is 417 g/mol. The zero-order chi connectivity index (χ0) is 19.2. The van der Waals surface area contributed by atoms with Crippen LogP contribution in [0.2, 0.25) is 0 Å². The van der Waals surface area contributed by atoms with Crippen LogP contribution in [0.3, 0.4) is 0 Å². The van der Waals surface area contributed by atoms with Gasteiger partial charge >= 0.3 is 0 Å². The van der Waals surface area contributed by atoms with E-state index in [0.29, 0.717) is 32.5 Å². The van der Waals surface area contributed by atoms with Crippen LogP contribution in [0.25, 0.3) is 0 Å². The van der Waals surface area contributed by atoms with Crippen LogP contribution in [0.4, 0.5) is 0 Å². The molecular weight excluding hydrogens is 386 g/mol. The highest BCUT2D eigenvalue weighted by Crippen LogP contribution is 2.36. The van der Waals surface area contributed by atoms with E-state index in [1.54, 1.807) is 6.92 Å². The number of rotatable bonds is 8. The van der Waals surface area contributed by atoms with Gasteiger partial charge in [0.1, 0.15) is 0 Å². The normalized spacial score (nSPS) is 18.3. The molecule has 0 radical (unpaired) electrons. The third kappa shape index (κ3) is 5.67. The van der Waals surface area contributed by atoms with Crippen LogP contribution in [0.15, 0.2) is 30.3 Å². The van der Waals surface area contributed by atoms with Gasteiger partial charge in [-0.05, 0) is 38.8 Å². The minimum absolute atomic E-state index is 0. The second-order valence-electron chi connectivity index (χ2n) is 6.92. The lowest BCUT2D eigenvalue weighted by atomic mass is 9.72. The van der Waals surface area contributed by atoms with Crippen LogP contribution < -0.4 is 10.6 Å². The molecule has 6 nitrogen and oxygen atoms in total. The van der Waals surface area contributed by atoms with Crippen LogP contribution in [-0.2, 0) is 20.2 Å². The first-order valence-corrected chi connectivity index (χ1v) is 11.0. The van der Waals surface area contributed by atoms with E-state index < -0.39 is 15.4 Å². The summed E-state index contributed by atoms with van der Waals surface area (Å²) >= 11 is 0. The van der Waals surface area contributed by atoms with Gasteiger partial charge < -0.3 is 10.6 Å². The number of amides is 1. The average molecular weight is 418 g/mol. The molecule has 1 aliphatic rings. The van der Waals surface area contributed by atoms with E-state index >= 15 is 0 Å². The molecule has 1 amide bonds. The fourth-order valence-electron chi connectivity index (χ4n) is 3.57. The Morgan fingerprint density at radius 3 is 2.30 bits per heavy atom. The molecule has 1 aromatic carbocycles. The second kappa shape index (κ2) is 10.4. The maximum absolute atomic E-state index is 13.1. The van der Waals surface area contributed by atoms with E-state index in [1.165, 1.54) is 4.31 Å². The molecule has 0 unspecified atom stereocenters. The summed E-state index contributed by atoms with van der Waals surface area (Å²) in [7, 11) is -3.22. The highest BCUT2D eigenvalue weighted by Gasteiger charge is 2.44. The standard InChI is InChI=1S/C19H31N3O3S.ClH/c1-4-20-16(3)15-21-18(23)19(17-9-7-6-8-10-17)11-13-22(14-12-19)26(24,25)5-2;/h6-10,16,20H,4-5,11-15H2,1-3H3,(H,21,23);1H/t16-;/m1./s1. The Morgan fingerprint density at radius 2 is 1.78 bits per heavy atom. The zero-order valence-electron chi connectivity index (χ0n) is 16.4. The highest BCUT2D eigenvalue weighted by atomic mass is 35.5. The number of benzene rings is 1. The van der Waals surface area contributed by atoms with E-state index in [-0.39, 0.29) is 30.1 Å². The number of likely N-dealkylation sites (N-methyl/N-ethyl adjacent to an activating group) is 1. The molecule has 1 fully saturated rings. The summed E-state index contributed by atoms with van der Waals surface area (Å²) in [4.78, 5) is 13.1. The Kier molecular flexibility index (Phi) is 9.21. The van der Waals surface area contributed by atoms with Crippen molar-refractivity contribution in [3.8, 4) is 0 Å². The number of piperidine rings is 1. The molecule has 27 heavy (non-hydrogen) atoms. The number of hydrogen-bond acceptors (Lipinski definition) is 4. The van der Waals surface area contributed by atoms with Crippen LogP contribution in [0.1, 0.15) is 39.2 Å². The lowest BCUT2D eigenvalue weighted by molar-refractivity contribution is -0.128. The third-order valence-corrected chi connectivity index (χ3v) is 7.10. The average Bonchev–Trinajstić information content (AvgIpc) is 2.67. The lowest BCUT2D eigenvalue weighted by Crippen LogP contribution is -2.54. The summed E-state index contributed by atoms with van der Waals surface area (Å²) in [5.41, 5.74) is 0.287. The van der Waals surface area contributed by atoms with Gasteiger partial charge in [-0.1, -0.05) is 37.3 Å². The van der Waals surface area contributed by atoms with E-state index in [0.717, 1.165) is 12.1 Å². The molecule has 2 N–H and O–H groups in total. The number of sulfonamides is 1. The van der Waals surface area contributed by atoms with Crippen LogP contribution in [0, 0.1) is 0 Å². The summed E-state index contributed by atoms with van der Waals surface area (Å²) in [5, 5.41) is 6.36. The largest absolute Gasteiger partial charge is 0.354 e. The topological polar surface area (TPSA) is 78.5 Å². The molecule has 0 bridgehead atoms. The van der Waals surface area contributed by atoms with Crippen molar-refractivity contribution in [3.05, 3.63) is 35.9 Å².